The molecule has 1 unspecified atom stereocenters. The topological polar surface area (TPSA) is 20.2 Å². The highest BCUT2D eigenvalue weighted by Gasteiger charge is 2.16. The van der Waals surface area contributed by atoms with E-state index in [9.17, 15) is 5.11 Å². The Labute approximate surface area is 106 Å². The maximum Gasteiger partial charge on any atom is 0.0776 e. The molecule has 1 aromatic rings. The number of aliphatic hydroxyl groups excluding tert-OH is 1. The number of hydrogen-bond donors (Lipinski definition) is 1. The van der Waals surface area contributed by atoms with Gasteiger partial charge in [-0.05, 0) is 37.5 Å². The zero-order chi connectivity index (χ0) is 11.5. The molecule has 1 aromatic carbocycles. The molecule has 1 aliphatic rings. The van der Waals surface area contributed by atoms with Gasteiger partial charge in [0.1, 0.15) is 0 Å². The van der Waals surface area contributed by atoms with Crippen molar-refractivity contribution in [1.82, 2.24) is 0 Å². The number of halogens is 1. The fourth-order valence-electron chi connectivity index (χ4n) is 2.12. The Morgan fingerprint density at radius 1 is 1.38 bits per heavy atom. The van der Waals surface area contributed by atoms with Crippen molar-refractivity contribution in [3.63, 3.8) is 0 Å². The van der Waals surface area contributed by atoms with Crippen molar-refractivity contribution in [2.75, 3.05) is 0 Å². The molecule has 88 valence electrons. The Balaban J connectivity index is 2.08. The molecule has 16 heavy (non-hydrogen) atoms. The minimum atomic E-state index is -0.488. The molecule has 0 amide bonds. The number of thioether (sulfide) groups is 1. The van der Waals surface area contributed by atoms with E-state index in [1.807, 2.05) is 23.9 Å². The van der Waals surface area contributed by atoms with Crippen molar-refractivity contribution in [2.45, 2.75) is 48.9 Å². The van der Waals surface area contributed by atoms with Gasteiger partial charge in [-0.25, -0.2) is 0 Å². The number of rotatable bonds is 3. The first-order valence-electron chi connectivity index (χ1n) is 5.81. The first-order chi connectivity index (χ1) is 7.66. The summed E-state index contributed by atoms with van der Waals surface area (Å²) in [4.78, 5) is 1.22. The Hall–Kier alpha value is -0.180. The SMILES string of the molecule is CC(O)c1ccc(SC2CCCC2)cc1Cl. The summed E-state index contributed by atoms with van der Waals surface area (Å²) in [5.41, 5.74) is 0.817. The molecule has 0 aromatic heterocycles. The Bertz CT molecular complexity index is 359. The van der Waals surface area contributed by atoms with Crippen LogP contribution < -0.4 is 0 Å². The molecule has 0 heterocycles. The number of aliphatic hydroxyl groups is 1. The summed E-state index contributed by atoms with van der Waals surface area (Å²) >= 11 is 8.06. The van der Waals surface area contributed by atoms with Crippen molar-refractivity contribution in [3.05, 3.63) is 28.8 Å². The van der Waals surface area contributed by atoms with E-state index in [1.54, 1.807) is 6.92 Å². The standard InChI is InChI=1S/C13H17ClOS/c1-9(15)12-7-6-11(8-13(12)14)16-10-4-2-3-5-10/h6-10,15H,2-5H2,1H3. The summed E-state index contributed by atoms with van der Waals surface area (Å²) < 4.78 is 0. The third kappa shape index (κ3) is 2.93. The molecular weight excluding hydrogens is 240 g/mol. The van der Waals surface area contributed by atoms with Gasteiger partial charge in [0.15, 0.2) is 0 Å². The summed E-state index contributed by atoms with van der Waals surface area (Å²) in [7, 11) is 0. The molecule has 1 atom stereocenters. The summed E-state index contributed by atoms with van der Waals surface area (Å²) in [6.45, 7) is 1.74. The average Bonchev–Trinajstić information content (AvgIpc) is 2.70. The van der Waals surface area contributed by atoms with Gasteiger partial charge < -0.3 is 5.11 Å². The van der Waals surface area contributed by atoms with Crippen molar-refractivity contribution in [2.24, 2.45) is 0 Å². The van der Waals surface area contributed by atoms with Crippen molar-refractivity contribution in [3.8, 4) is 0 Å². The lowest BCUT2D eigenvalue weighted by Crippen LogP contribution is -1.95. The molecule has 0 bridgehead atoms. The van der Waals surface area contributed by atoms with Gasteiger partial charge in [-0.2, -0.15) is 0 Å². The Morgan fingerprint density at radius 3 is 2.62 bits per heavy atom. The van der Waals surface area contributed by atoms with Gasteiger partial charge in [0.2, 0.25) is 0 Å². The van der Waals surface area contributed by atoms with Crippen LogP contribution in [0.1, 0.15) is 44.3 Å². The molecule has 1 N–H and O–H groups in total. The predicted octanol–water partition coefficient (Wildman–Crippen LogP) is 4.43. The van der Waals surface area contributed by atoms with Crippen molar-refractivity contribution >= 4 is 23.4 Å². The molecule has 2 rings (SSSR count). The largest absolute Gasteiger partial charge is 0.389 e. The van der Waals surface area contributed by atoms with Gasteiger partial charge in [-0.3, -0.25) is 0 Å². The predicted molar refractivity (Wildman–Crippen MR) is 70.2 cm³/mol. The highest BCUT2D eigenvalue weighted by atomic mass is 35.5. The molecule has 1 nitrogen and oxygen atoms in total. The molecular formula is C13H17ClOS. The fourth-order valence-corrected chi connectivity index (χ4v) is 3.81. The third-order valence-electron chi connectivity index (χ3n) is 3.03. The van der Waals surface area contributed by atoms with Gasteiger partial charge in [0, 0.05) is 15.2 Å². The smallest absolute Gasteiger partial charge is 0.0776 e. The van der Waals surface area contributed by atoms with Gasteiger partial charge >= 0.3 is 0 Å². The van der Waals surface area contributed by atoms with Crippen LogP contribution in [0.25, 0.3) is 0 Å². The normalized spacial score (nSPS) is 18.9. The number of hydrogen-bond acceptors (Lipinski definition) is 2. The third-order valence-corrected chi connectivity index (χ3v) is 4.69. The van der Waals surface area contributed by atoms with E-state index >= 15 is 0 Å². The lowest BCUT2D eigenvalue weighted by molar-refractivity contribution is 0.199. The maximum atomic E-state index is 9.49. The maximum absolute atomic E-state index is 9.49. The van der Waals surface area contributed by atoms with Crippen LogP contribution in [0, 0.1) is 0 Å². The van der Waals surface area contributed by atoms with Crippen molar-refractivity contribution < 1.29 is 5.11 Å². The first kappa shape index (κ1) is 12.3. The highest BCUT2D eigenvalue weighted by molar-refractivity contribution is 8.00. The molecule has 0 aliphatic heterocycles. The minimum Gasteiger partial charge on any atom is -0.389 e. The lowest BCUT2D eigenvalue weighted by Gasteiger charge is -2.12. The van der Waals surface area contributed by atoms with E-state index in [2.05, 4.69) is 6.07 Å². The van der Waals surface area contributed by atoms with Gasteiger partial charge in [-0.15, -0.1) is 11.8 Å². The van der Waals surface area contributed by atoms with E-state index in [0.717, 1.165) is 10.8 Å². The van der Waals surface area contributed by atoms with Crippen LogP contribution in [0.4, 0.5) is 0 Å². The van der Waals surface area contributed by atoms with Crippen LogP contribution in [0.3, 0.4) is 0 Å². The zero-order valence-electron chi connectivity index (χ0n) is 9.45. The molecule has 1 fully saturated rings. The molecule has 3 heteroatoms. The second-order valence-corrected chi connectivity index (χ2v) is 6.16. The van der Waals surface area contributed by atoms with E-state index in [0.29, 0.717) is 5.02 Å². The van der Waals surface area contributed by atoms with Crippen LogP contribution in [-0.2, 0) is 0 Å². The first-order valence-corrected chi connectivity index (χ1v) is 7.07. The van der Waals surface area contributed by atoms with Crippen LogP contribution in [0.15, 0.2) is 23.1 Å². The minimum absolute atomic E-state index is 0.488. The van der Waals surface area contributed by atoms with Crippen LogP contribution >= 0.6 is 23.4 Å². The zero-order valence-corrected chi connectivity index (χ0v) is 11.0. The van der Waals surface area contributed by atoms with Gasteiger partial charge in [0.05, 0.1) is 6.10 Å². The van der Waals surface area contributed by atoms with E-state index in [-0.39, 0.29) is 0 Å². The lowest BCUT2D eigenvalue weighted by atomic mass is 10.1. The molecule has 1 saturated carbocycles. The second-order valence-electron chi connectivity index (χ2n) is 4.38. The Morgan fingerprint density at radius 2 is 2.06 bits per heavy atom. The molecule has 0 radical (unpaired) electrons. The van der Waals surface area contributed by atoms with Crippen LogP contribution in [-0.4, -0.2) is 10.4 Å². The van der Waals surface area contributed by atoms with Crippen LogP contribution in [0.2, 0.25) is 5.02 Å². The summed E-state index contributed by atoms with van der Waals surface area (Å²) in [6.07, 6.45) is 4.87. The highest BCUT2D eigenvalue weighted by Crippen LogP contribution is 2.36. The fraction of sp³-hybridized carbons (Fsp3) is 0.538. The average molecular weight is 257 g/mol. The van der Waals surface area contributed by atoms with Crippen molar-refractivity contribution in [1.29, 1.82) is 0 Å². The van der Waals surface area contributed by atoms with Gasteiger partial charge in [-0.1, -0.05) is 30.5 Å². The molecule has 0 saturated heterocycles. The second kappa shape index (κ2) is 5.44. The van der Waals surface area contributed by atoms with E-state index < -0.39 is 6.10 Å². The van der Waals surface area contributed by atoms with E-state index in [4.69, 9.17) is 11.6 Å². The molecule has 0 spiro atoms. The van der Waals surface area contributed by atoms with Crippen LogP contribution in [0.5, 0.6) is 0 Å². The quantitative estimate of drug-likeness (QED) is 0.864. The van der Waals surface area contributed by atoms with Gasteiger partial charge in [0.25, 0.3) is 0 Å². The monoisotopic (exact) mass is 256 g/mol. The summed E-state index contributed by atoms with van der Waals surface area (Å²) in [6, 6.07) is 5.98. The van der Waals surface area contributed by atoms with E-state index in [1.165, 1.54) is 30.6 Å². The molecule has 1 aliphatic carbocycles. The Kier molecular flexibility index (Phi) is 4.17. The summed E-state index contributed by atoms with van der Waals surface area (Å²) in [5, 5.41) is 10.9. The number of benzene rings is 1. The summed E-state index contributed by atoms with van der Waals surface area (Å²) in [5.74, 6) is 0.